The molecule has 0 radical (unpaired) electrons. The zero-order valence-electron chi connectivity index (χ0n) is 10.3. The lowest BCUT2D eigenvalue weighted by molar-refractivity contribution is 0.283. The van der Waals surface area contributed by atoms with E-state index < -0.39 is 0 Å². The molecule has 2 heteroatoms. The van der Waals surface area contributed by atoms with E-state index in [1.807, 2.05) is 12.1 Å². The van der Waals surface area contributed by atoms with E-state index in [9.17, 15) is 0 Å². The minimum atomic E-state index is 0.209. The van der Waals surface area contributed by atoms with Crippen LogP contribution in [0.4, 0.5) is 0 Å². The second kappa shape index (κ2) is 4.46. The van der Waals surface area contributed by atoms with Crippen LogP contribution in [0.15, 0.2) is 24.3 Å². The minimum Gasteiger partial charge on any atom is -0.493 e. The Bertz CT molecular complexity index is 331. The van der Waals surface area contributed by atoms with Crippen LogP contribution in [0.25, 0.3) is 0 Å². The van der Waals surface area contributed by atoms with Gasteiger partial charge < -0.3 is 9.47 Å². The van der Waals surface area contributed by atoms with Crippen molar-refractivity contribution in [3.05, 3.63) is 29.8 Å². The molecule has 16 heavy (non-hydrogen) atoms. The first kappa shape index (κ1) is 11.5. The summed E-state index contributed by atoms with van der Waals surface area (Å²) in [6.07, 6.45) is 1.45. The second-order valence-corrected chi connectivity index (χ2v) is 5.37. The Labute approximate surface area is 97.6 Å². The second-order valence-electron chi connectivity index (χ2n) is 5.37. The van der Waals surface area contributed by atoms with E-state index in [2.05, 4.69) is 32.9 Å². The standard InChI is InChI=1S/C14H20O2/c1-14(2,3)11-4-6-12(7-5-11)15-9-8-13-10-16-13/h4-7,13H,8-10H2,1-3H3/t13-/m1/s1. The molecule has 1 aliphatic rings. The summed E-state index contributed by atoms with van der Waals surface area (Å²) in [5.74, 6) is 0.952. The first-order chi connectivity index (χ1) is 7.55. The number of ether oxygens (including phenoxy) is 2. The maximum Gasteiger partial charge on any atom is 0.119 e. The lowest BCUT2D eigenvalue weighted by atomic mass is 9.87. The van der Waals surface area contributed by atoms with Crippen LogP contribution in [0.2, 0.25) is 0 Å². The molecule has 0 N–H and O–H groups in total. The van der Waals surface area contributed by atoms with E-state index in [0.29, 0.717) is 6.10 Å². The van der Waals surface area contributed by atoms with Crippen LogP contribution in [0.3, 0.4) is 0 Å². The van der Waals surface area contributed by atoms with Gasteiger partial charge in [-0.15, -0.1) is 0 Å². The number of benzene rings is 1. The average Bonchev–Trinajstić information content (AvgIpc) is 3.01. The fraction of sp³-hybridized carbons (Fsp3) is 0.571. The topological polar surface area (TPSA) is 21.8 Å². The van der Waals surface area contributed by atoms with E-state index in [0.717, 1.165) is 25.4 Å². The Hall–Kier alpha value is -1.02. The molecule has 1 aliphatic heterocycles. The van der Waals surface area contributed by atoms with Crippen LogP contribution in [-0.2, 0) is 10.2 Å². The molecule has 88 valence electrons. The van der Waals surface area contributed by atoms with Gasteiger partial charge in [-0.05, 0) is 23.1 Å². The monoisotopic (exact) mass is 220 g/mol. The maximum absolute atomic E-state index is 5.64. The van der Waals surface area contributed by atoms with Crippen molar-refractivity contribution in [3.63, 3.8) is 0 Å². The summed E-state index contributed by atoms with van der Waals surface area (Å²) >= 11 is 0. The molecular weight excluding hydrogens is 200 g/mol. The van der Waals surface area contributed by atoms with Gasteiger partial charge in [0.15, 0.2) is 0 Å². The molecule has 1 saturated heterocycles. The molecular formula is C14H20O2. The SMILES string of the molecule is CC(C)(C)c1ccc(OCC[C@@H]2CO2)cc1. The molecule has 1 aromatic rings. The van der Waals surface area contributed by atoms with Crippen molar-refractivity contribution in [2.45, 2.75) is 38.7 Å². The van der Waals surface area contributed by atoms with E-state index in [-0.39, 0.29) is 5.41 Å². The van der Waals surface area contributed by atoms with Crippen molar-refractivity contribution in [1.82, 2.24) is 0 Å². The lowest BCUT2D eigenvalue weighted by Gasteiger charge is -2.19. The van der Waals surface area contributed by atoms with Crippen molar-refractivity contribution in [1.29, 1.82) is 0 Å². The van der Waals surface area contributed by atoms with Crippen molar-refractivity contribution in [2.24, 2.45) is 0 Å². The summed E-state index contributed by atoms with van der Waals surface area (Å²) in [5, 5.41) is 0. The lowest BCUT2D eigenvalue weighted by Crippen LogP contribution is -2.10. The average molecular weight is 220 g/mol. The van der Waals surface area contributed by atoms with Gasteiger partial charge >= 0.3 is 0 Å². The molecule has 0 unspecified atom stereocenters. The van der Waals surface area contributed by atoms with E-state index in [1.165, 1.54) is 5.56 Å². The molecule has 1 atom stereocenters. The first-order valence-electron chi connectivity index (χ1n) is 5.91. The van der Waals surface area contributed by atoms with Crippen molar-refractivity contribution >= 4 is 0 Å². The van der Waals surface area contributed by atoms with Gasteiger partial charge in [-0.2, -0.15) is 0 Å². The first-order valence-corrected chi connectivity index (χ1v) is 5.91. The molecule has 1 aromatic carbocycles. The molecule has 0 aliphatic carbocycles. The highest BCUT2D eigenvalue weighted by Crippen LogP contribution is 2.24. The van der Waals surface area contributed by atoms with Crippen LogP contribution < -0.4 is 4.74 Å². The Morgan fingerprint density at radius 1 is 1.25 bits per heavy atom. The normalized spacial score (nSPS) is 19.6. The molecule has 2 rings (SSSR count). The number of hydrogen-bond donors (Lipinski definition) is 0. The van der Waals surface area contributed by atoms with Crippen molar-refractivity contribution < 1.29 is 9.47 Å². The van der Waals surface area contributed by atoms with Crippen LogP contribution in [0.1, 0.15) is 32.8 Å². The van der Waals surface area contributed by atoms with Crippen molar-refractivity contribution in [3.8, 4) is 5.75 Å². The zero-order valence-corrected chi connectivity index (χ0v) is 10.3. The third-order valence-electron chi connectivity index (χ3n) is 2.83. The third kappa shape index (κ3) is 3.24. The summed E-state index contributed by atoms with van der Waals surface area (Å²) in [4.78, 5) is 0. The maximum atomic E-state index is 5.64. The molecule has 0 amide bonds. The van der Waals surface area contributed by atoms with Gasteiger partial charge in [0.05, 0.1) is 19.3 Å². The largest absolute Gasteiger partial charge is 0.493 e. The number of hydrogen-bond acceptors (Lipinski definition) is 2. The van der Waals surface area contributed by atoms with Crippen LogP contribution in [0, 0.1) is 0 Å². The van der Waals surface area contributed by atoms with Crippen LogP contribution in [0.5, 0.6) is 5.75 Å². The smallest absolute Gasteiger partial charge is 0.119 e. The van der Waals surface area contributed by atoms with E-state index >= 15 is 0 Å². The Morgan fingerprint density at radius 2 is 1.88 bits per heavy atom. The Kier molecular flexibility index (Phi) is 3.20. The third-order valence-corrected chi connectivity index (χ3v) is 2.83. The van der Waals surface area contributed by atoms with Gasteiger partial charge in [0.2, 0.25) is 0 Å². The van der Waals surface area contributed by atoms with Gasteiger partial charge in [-0.25, -0.2) is 0 Å². The Morgan fingerprint density at radius 3 is 2.38 bits per heavy atom. The summed E-state index contributed by atoms with van der Waals surface area (Å²) in [6, 6.07) is 8.38. The zero-order chi connectivity index (χ0) is 11.6. The fourth-order valence-corrected chi connectivity index (χ4v) is 1.59. The number of epoxide rings is 1. The van der Waals surface area contributed by atoms with E-state index in [4.69, 9.17) is 9.47 Å². The van der Waals surface area contributed by atoms with Crippen LogP contribution in [-0.4, -0.2) is 19.3 Å². The van der Waals surface area contributed by atoms with Gasteiger partial charge in [-0.3, -0.25) is 0 Å². The summed E-state index contributed by atoms with van der Waals surface area (Å²) < 4.78 is 10.8. The highest BCUT2D eigenvalue weighted by atomic mass is 16.6. The summed E-state index contributed by atoms with van der Waals surface area (Å²) in [7, 11) is 0. The Balaban J connectivity index is 1.85. The molecule has 0 bridgehead atoms. The molecule has 0 saturated carbocycles. The van der Waals surface area contributed by atoms with Gasteiger partial charge in [-0.1, -0.05) is 32.9 Å². The number of rotatable bonds is 4. The minimum absolute atomic E-state index is 0.209. The van der Waals surface area contributed by atoms with Crippen molar-refractivity contribution in [2.75, 3.05) is 13.2 Å². The molecule has 1 heterocycles. The van der Waals surface area contributed by atoms with Gasteiger partial charge in [0.25, 0.3) is 0 Å². The molecule has 2 nitrogen and oxygen atoms in total. The predicted octanol–water partition coefficient (Wildman–Crippen LogP) is 3.15. The predicted molar refractivity (Wildman–Crippen MR) is 65.0 cm³/mol. The fourth-order valence-electron chi connectivity index (χ4n) is 1.59. The molecule has 0 aromatic heterocycles. The quantitative estimate of drug-likeness (QED) is 0.727. The molecule has 0 spiro atoms. The van der Waals surface area contributed by atoms with Gasteiger partial charge in [0, 0.05) is 6.42 Å². The summed E-state index contributed by atoms with van der Waals surface area (Å²) in [5.41, 5.74) is 1.55. The molecule has 1 fully saturated rings. The van der Waals surface area contributed by atoms with E-state index in [1.54, 1.807) is 0 Å². The highest BCUT2D eigenvalue weighted by molar-refractivity contribution is 5.31. The van der Waals surface area contributed by atoms with Crippen LogP contribution >= 0.6 is 0 Å². The van der Waals surface area contributed by atoms with Gasteiger partial charge in [0.1, 0.15) is 5.75 Å². The summed E-state index contributed by atoms with van der Waals surface area (Å²) in [6.45, 7) is 8.31. The highest BCUT2D eigenvalue weighted by Gasteiger charge is 2.21.